The van der Waals surface area contributed by atoms with Crippen molar-refractivity contribution >= 4 is 5.97 Å². The Balaban J connectivity index is 3.46. The lowest BCUT2D eigenvalue weighted by Gasteiger charge is -2.24. The van der Waals surface area contributed by atoms with Crippen molar-refractivity contribution in [3.8, 4) is 0 Å². The van der Waals surface area contributed by atoms with E-state index in [1.807, 2.05) is 0 Å². The summed E-state index contributed by atoms with van der Waals surface area (Å²) in [5, 5.41) is 9.38. The van der Waals surface area contributed by atoms with Gasteiger partial charge in [-0.2, -0.15) is 0 Å². The van der Waals surface area contributed by atoms with Crippen molar-refractivity contribution in [2.24, 2.45) is 11.5 Å². The topological polar surface area (TPSA) is 89.3 Å². The van der Waals surface area contributed by atoms with Crippen LogP contribution in [0.1, 0.15) is 122 Å². The highest BCUT2D eigenvalue weighted by atomic mass is 16.4. The van der Waals surface area contributed by atoms with Crippen LogP contribution in [-0.4, -0.2) is 23.2 Å². The Labute approximate surface area is 162 Å². The molecule has 4 heteroatoms. The SMILES string of the molecule is CCCCCCCCCCCCCCCC[C@](N)(CCCCN)C(=O)O. The summed E-state index contributed by atoms with van der Waals surface area (Å²) in [4.78, 5) is 11.4. The van der Waals surface area contributed by atoms with Crippen LogP contribution in [0.5, 0.6) is 0 Å². The Morgan fingerprint density at radius 2 is 1.04 bits per heavy atom. The Kier molecular flexibility index (Phi) is 17.4. The Bertz CT molecular complexity index is 323. The first kappa shape index (κ1) is 25.4. The smallest absolute Gasteiger partial charge is 0.323 e. The summed E-state index contributed by atoms with van der Waals surface area (Å²) >= 11 is 0. The fraction of sp³-hybridized carbons (Fsp3) is 0.955. The molecule has 4 nitrogen and oxygen atoms in total. The first-order valence-electron chi connectivity index (χ1n) is 11.3. The summed E-state index contributed by atoms with van der Waals surface area (Å²) in [5.41, 5.74) is 10.5. The lowest BCUT2D eigenvalue weighted by molar-refractivity contribution is -0.144. The number of nitrogens with two attached hydrogens (primary N) is 2. The summed E-state index contributed by atoms with van der Waals surface area (Å²) in [7, 11) is 0. The van der Waals surface area contributed by atoms with Gasteiger partial charge in [-0.1, -0.05) is 96.8 Å². The standard InChI is InChI=1S/C22H46N2O2/c1-2-3-4-5-6-7-8-9-10-11-12-13-14-15-18-22(24,21(25)26)19-16-17-20-23/h2-20,23-24H2,1H3,(H,25,26)/t22-/m0/s1. The lowest BCUT2D eigenvalue weighted by atomic mass is 9.87. The molecule has 0 saturated heterocycles. The van der Waals surface area contributed by atoms with Gasteiger partial charge in [-0.15, -0.1) is 0 Å². The second kappa shape index (κ2) is 17.8. The van der Waals surface area contributed by atoms with Gasteiger partial charge in [-0.05, 0) is 32.2 Å². The molecule has 0 heterocycles. The van der Waals surface area contributed by atoms with E-state index in [1.54, 1.807) is 0 Å². The molecule has 0 radical (unpaired) electrons. The van der Waals surface area contributed by atoms with Crippen molar-refractivity contribution < 1.29 is 9.90 Å². The molecule has 0 aromatic heterocycles. The van der Waals surface area contributed by atoms with E-state index >= 15 is 0 Å². The predicted molar refractivity (Wildman–Crippen MR) is 112 cm³/mol. The van der Waals surface area contributed by atoms with Gasteiger partial charge in [0, 0.05) is 0 Å². The third-order valence-corrected chi connectivity index (χ3v) is 5.48. The van der Waals surface area contributed by atoms with Crippen LogP contribution in [0.4, 0.5) is 0 Å². The molecule has 0 amide bonds. The third kappa shape index (κ3) is 14.5. The molecule has 0 aliphatic rings. The fourth-order valence-electron chi connectivity index (χ4n) is 3.56. The Morgan fingerprint density at radius 1 is 0.692 bits per heavy atom. The maximum absolute atomic E-state index is 11.4. The van der Waals surface area contributed by atoms with Crippen LogP contribution < -0.4 is 11.5 Å². The summed E-state index contributed by atoms with van der Waals surface area (Å²) in [6, 6.07) is 0. The van der Waals surface area contributed by atoms with Crippen LogP contribution in [-0.2, 0) is 4.79 Å². The van der Waals surface area contributed by atoms with Gasteiger partial charge in [-0.3, -0.25) is 4.79 Å². The second-order valence-electron chi connectivity index (χ2n) is 8.05. The van der Waals surface area contributed by atoms with E-state index in [4.69, 9.17) is 11.5 Å². The maximum atomic E-state index is 11.4. The van der Waals surface area contributed by atoms with Crippen molar-refractivity contribution in [2.75, 3.05) is 6.54 Å². The predicted octanol–water partition coefficient (Wildman–Crippen LogP) is 5.77. The molecule has 0 rings (SSSR count). The molecule has 156 valence electrons. The number of unbranched alkanes of at least 4 members (excludes halogenated alkanes) is 14. The highest BCUT2D eigenvalue weighted by molar-refractivity contribution is 5.78. The number of carboxylic acid groups (broad SMARTS) is 1. The molecule has 0 aromatic rings. The number of aliphatic carboxylic acids is 1. The van der Waals surface area contributed by atoms with Crippen LogP contribution in [0.2, 0.25) is 0 Å². The summed E-state index contributed by atoms with van der Waals surface area (Å²) in [5.74, 6) is -0.857. The van der Waals surface area contributed by atoms with Gasteiger partial charge in [-0.25, -0.2) is 0 Å². The summed E-state index contributed by atoms with van der Waals surface area (Å²) in [6.07, 6.45) is 21.1. The minimum absolute atomic E-state index is 0.540. The highest BCUT2D eigenvalue weighted by Gasteiger charge is 2.32. The molecule has 0 saturated carbocycles. The van der Waals surface area contributed by atoms with Crippen LogP contribution in [0, 0.1) is 0 Å². The first-order valence-corrected chi connectivity index (χ1v) is 11.3. The van der Waals surface area contributed by atoms with Gasteiger partial charge in [0.25, 0.3) is 0 Å². The van der Waals surface area contributed by atoms with Crippen molar-refractivity contribution in [1.82, 2.24) is 0 Å². The zero-order valence-corrected chi connectivity index (χ0v) is 17.4. The summed E-state index contributed by atoms with van der Waals surface area (Å²) < 4.78 is 0. The van der Waals surface area contributed by atoms with Crippen molar-refractivity contribution in [3.05, 3.63) is 0 Å². The van der Waals surface area contributed by atoms with Crippen LogP contribution >= 0.6 is 0 Å². The van der Waals surface area contributed by atoms with E-state index in [9.17, 15) is 9.90 Å². The zero-order valence-electron chi connectivity index (χ0n) is 17.4. The van der Waals surface area contributed by atoms with Gasteiger partial charge in [0.1, 0.15) is 5.54 Å². The van der Waals surface area contributed by atoms with E-state index in [0.717, 1.165) is 25.7 Å². The van der Waals surface area contributed by atoms with Gasteiger partial charge in [0.2, 0.25) is 0 Å². The molecule has 0 aliphatic carbocycles. The van der Waals surface area contributed by atoms with Gasteiger partial charge < -0.3 is 16.6 Å². The van der Waals surface area contributed by atoms with Crippen LogP contribution in [0.25, 0.3) is 0 Å². The molecule has 0 spiro atoms. The fourth-order valence-corrected chi connectivity index (χ4v) is 3.56. The van der Waals surface area contributed by atoms with E-state index < -0.39 is 11.5 Å². The average Bonchev–Trinajstić information content (AvgIpc) is 2.62. The molecule has 0 fully saturated rings. The van der Waals surface area contributed by atoms with E-state index in [1.165, 1.54) is 77.0 Å². The monoisotopic (exact) mass is 370 g/mol. The Hall–Kier alpha value is -0.610. The number of hydrogen-bond acceptors (Lipinski definition) is 3. The molecular formula is C22H46N2O2. The molecular weight excluding hydrogens is 324 g/mol. The average molecular weight is 371 g/mol. The van der Waals surface area contributed by atoms with Crippen LogP contribution in [0.3, 0.4) is 0 Å². The maximum Gasteiger partial charge on any atom is 0.323 e. The molecule has 5 N–H and O–H groups in total. The third-order valence-electron chi connectivity index (χ3n) is 5.48. The first-order chi connectivity index (χ1) is 12.6. The van der Waals surface area contributed by atoms with Crippen molar-refractivity contribution in [1.29, 1.82) is 0 Å². The number of rotatable bonds is 20. The second-order valence-corrected chi connectivity index (χ2v) is 8.05. The molecule has 0 unspecified atom stereocenters. The molecule has 0 aliphatic heterocycles. The Morgan fingerprint density at radius 3 is 1.38 bits per heavy atom. The minimum Gasteiger partial charge on any atom is -0.480 e. The van der Waals surface area contributed by atoms with Crippen molar-refractivity contribution in [2.45, 2.75) is 128 Å². The van der Waals surface area contributed by atoms with Gasteiger partial charge in [0.05, 0.1) is 0 Å². The lowest BCUT2D eigenvalue weighted by Crippen LogP contribution is -2.47. The quantitative estimate of drug-likeness (QED) is 0.237. The van der Waals surface area contributed by atoms with Gasteiger partial charge >= 0.3 is 5.97 Å². The zero-order chi connectivity index (χ0) is 19.5. The summed E-state index contributed by atoms with van der Waals surface area (Å²) in [6.45, 7) is 2.87. The van der Waals surface area contributed by atoms with Crippen molar-refractivity contribution in [3.63, 3.8) is 0 Å². The highest BCUT2D eigenvalue weighted by Crippen LogP contribution is 2.21. The largest absolute Gasteiger partial charge is 0.480 e. The van der Waals surface area contributed by atoms with E-state index in [-0.39, 0.29) is 0 Å². The number of carbonyl (C=O) groups is 1. The van der Waals surface area contributed by atoms with Crippen LogP contribution in [0.15, 0.2) is 0 Å². The van der Waals surface area contributed by atoms with E-state index in [0.29, 0.717) is 19.4 Å². The molecule has 1 atom stereocenters. The number of carboxylic acids is 1. The molecule has 0 bridgehead atoms. The van der Waals surface area contributed by atoms with Gasteiger partial charge in [0.15, 0.2) is 0 Å². The minimum atomic E-state index is -1.05. The normalized spacial score (nSPS) is 13.7. The molecule has 26 heavy (non-hydrogen) atoms. The number of hydrogen-bond donors (Lipinski definition) is 3. The van der Waals surface area contributed by atoms with E-state index in [2.05, 4.69) is 6.92 Å². The molecule has 0 aromatic carbocycles.